The second kappa shape index (κ2) is 5.88. The van der Waals surface area contributed by atoms with E-state index >= 15 is 0 Å². The third-order valence-electron chi connectivity index (χ3n) is 2.04. The Morgan fingerprint density at radius 1 is 1.53 bits per heavy atom. The fraction of sp³-hybridized carbons (Fsp3) is 0.364. The van der Waals surface area contributed by atoms with Gasteiger partial charge in [-0.2, -0.15) is 0 Å². The van der Waals surface area contributed by atoms with E-state index in [1.54, 1.807) is 7.11 Å². The van der Waals surface area contributed by atoms with E-state index in [1.807, 2.05) is 18.2 Å². The minimum absolute atomic E-state index is 0.163. The number of halogens is 1. The number of carboxylic acids is 1. The van der Waals surface area contributed by atoms with Gasteiger partial charge in [-0.3, -0.25) is 4.79 Å². The Balaban J connectivity index is 2.68. The van der Waals surface area contributed by atoms with Gasteiger partial charge in [0.15, 0.2) is 0 Å². The van der Waals surface area contributed by atoms with E-state index in [9.17, 15) is 4.79 Å². The minimum atomic E-state index is -0.771. The standard InChI is InChI=1S/C11H13BrO3/c1-15-7-9-4-2-8(6-10(9)12)3-5-11(13)14/h2,4,6H,3,5,7H2,1H3,(H,13,14). The molecular formula is C11H13BrO3. The first-order valence-corrected chi connectivity index (χ1v) is 5.41. The van der Waals surface area contributed by atoms with Gasteiger partial charge in [-0.05, 0) is 23.6 Å². The Bertz CT molecular complexity index is 350. The van der Waals surface area contributed by atoms with Gasteiger partial charge in [-0.15, -0.1) is 0 Å². The molecule has 0 spiro atoms. The van der Waals surface area contributed by atoms with Crippen molar-refractivity contribution in [1.29, 1.82) is 0 Å². The number of ether oxygens (including phenoxy) is 1. The molecule has 0 aliphatic heterocycles. The molecule has 82 valence electrons. The number of carbonyl (C=O) groups is 1. The Hall–Kier alpha value is -0.870. The molecule has 4 heteroatoms. The van der Waals surface area contributed by atoms with Crippen molar-refractivity contribution in [2.75, 3.05) is 7.11 Å². The van der Waals surface area contributed by atoms with Crippen molar-refractivity contribution in [3.8, 4) is 0 Å². The monoisotopic (exact) mass is 272 g/mol. The van der Waals surface area contributed by atoms with Crippen LogP contribution in [0.15, 0.2) is 22.7 Å². The molecular weight excluding hydrogens is 260 g/mol. The van der Waals surface area contributed by atoms with E-state index in [0.717, 1.165) is 15.6 Å². The molecule has 1 N–H and O–H groups in total. The van der Waals surface area contributed by atoms with Gasteiger partial charge >= 0.3 is 5.97 Å². The molecule has 0 heterocycles. The molecule has 0 bridgehead atoms. The SMILES string of the molecule is COCc1ccc(CCC(=O)O)cc1Br. The maximum atomic E-state index is 10.4. The lowest BCUT2D eigenvalue weighted by Gasteiger charge is -2.05. The van der Waals surface area contributed by atoms with Crippen LogP contribution in [0.1, 0.15) is 17.5 Å². The summed E-state index contributed by atoms with van der Waals surface area (Å²) >= 11 is 3.43. The summed E-state index contributed by atoms with van der Waals surface area (Å²) in [6.45, 7) is 0.555. The average Bonchev–Trinajstić information content (AvgIpc) is 2.19. The highest BCUT2D eigenvalue weighted by molar-refractivity contribution is 9.10. The van der Waals surface area contributed by atoms with Crippen molar-refractivity contribution in [2.45, 2.75) is 19.4 Å². The third kappa shape index (κ3) is 4.01. The number of methoxy groups -OCH3 is 1. The molecule has 0 aliphatic carbocycles. The van der Waals surface area contributed by atoms with Gasteiger partial charge in [0, 0.05) is 18.0 Å². The van der Waals surface area contributed by atoms with Crippen LogP contribution >= 0.6 is 15.9 Å². The molecule has 3 nitrogen and oxygen atoms in total. The Morgan fingerprint density at radius 3 is 2.80 bits per heavy atom. The second-order valence-corrected chi connectivity index (χ2v) is 4.11. The Kier molecular flexibility index (Phi) is 4.78. The summed E-state index contributed by atoms with van der Waals surface area (Å²) in [5.74, 6) is -0.771. The fourth-order valence-corrected chi connectivity index (χ4v) is 1.81. The highest BCUT2D eigenvalue weighted by atomic mass is 79.9. The minimum Gasteiger partial charge on any atom is -0.481 e. The van der Waals surface area contributed by atoms with Crippen molar-refractivity contribution in [3.63, 3.8) is 0 Å². The lowest BCUT2D eigenvalue weighted by molar-refractivity contribution is -0.136. The second-order valence-electron chi connectivity index (χ2n) is 3.25. The molecule has 0 amide bonds. The normalized spacial score (nSPS) is 10.3. The van der Waals surface area contributed by atoms with Crippen molar-refractivity contribution in [3.05, 3.63) is 33.8 Å². The summed E-state index contributed by atoms with van der Waals surface area (Å²) in [6.07, 6.45) is 0.720. The van der Waals surface area contributed by atoms with Crippen LogP contribution in [0.4, 0.5) is 0 Å². The van der Waals surface area contributed by atoms with E-state index < -0.39 is 5.97 Å². The first-order chi connectivity index (χ1) is 7.13. The molecule has 0 saturated heterocycles. The van der Waals surface area contributed by atoms with Crippen molar-refractivity contribution in [2.24, 2.45) is 0 Å². The van der Waals surface area contributed by atoms with Crippen LogP contribution in [0.3, 0.4) is 0 Å². The Labute approximate surface area is 97.2 Å². The molecule has 0 unspecified atom stereocenters. The maximum Gasteiger partial charge on any atom is 0.303 e. The topological polar surface area (TPSA) is 46.5 Å². The molecule has 0 aromatic heterocycles. The molecule has 0 radical (unpaired) electrons. The number of aliphatic carboxylic acids is 1. The van der Waals surface area contributed by atoms with Crippen molar-refractivity contribution in [1.82, 2.24) is 0 Å². The molecule has 1 aromatic rings. The zero-order valence-corrected chi connectivity index (χ0v) is 10.1. The highest BCUT2D eigenvalue weighted by Gasteiger charge is 2.03. The third-order valence-corrected chi connectivity index (χ3v) is 2.78. The van der Waals surface area contributed by atoms with Gasteiger partial charge < -0.3 is 9.84 Å². The van der Waals surface area contributed by atoms with Crippen molar-refractivity contribution < 1.29 is 14.6 Å². The molecule has 15 heavy (non-hydrogen) atoms. The van der Waals surface area contributed by atoms with Gasteiger partial charge in [0.05, 0.1) is 6.61 Å². The van der Waals surface area contributed by atoms with Crippen LogP contribution in [0.2, 0.25) is 0 Å². The van der Waals surface area contributed by atoms with E-state index in [4.69, 9.17) is 9.84 Å². The fourth-order valence-electron chi connectivity index (χ4n) is 1.27. The number of carboxylic acid groups (broad SMARTS) is 1. The van der Waals surface area contributed by atoms with Gasteiger partial charge in [-0.1, -0.05) is 28.1 Å². The first-order valence-electron chi connectivity index (χ1n) is 4.61. The van der Waals surface area contributed by atoms with Crippen LogP contribution in [-0.4, -0.2) is 18.2 Å². The predicted octanol–water partition coefficient (Wildman–Crippen LogP) is 2.61. The molecule has 0 atom stereocenters. The predicted molar refractivity (Wildman–Crippen MR) is 60.8 cm³/mol. The lowest BCUT2D eigenvalue weighted by atomic mass is 10.1. The average molecular weight is 273 g/mol. The van der Waals surface area contributed by atoms with E-state index in [1.165, 1.54) is 0 Å². The van der Waals surface area contributed by atoms with Crippen LogP contribution in [0.5, 0.6) is 0 Å². The van der Waals surface area contributed by atoms with Gasteiger partial charge in [0.2, 0.25) is 0 Å². The summed E-state index contributed by atoms with van der Waals surface area (Å²) in [4.78, 5) is 10.4. The van der Waals surface area contributed by atoms with Gasteiger partial charge in [-0.25, -0.2) is 0 Å². The number of hydrogen-bond acceptors (Lipinski definition) is 2. The molecule has 0 saturated carbocycles. The summed E-state index contributed by atoms with van der Waals surface area (Å²) in [5.41, 5.74) is 2.08. The molecule has 0 fully saturated rings. The first kappa shape index (κ1) is 12.2. The van der Waals surface area contributed by atoms with Crippen LogP contribution in [-0.2, 0) is 22.6 Å². The number of aryl methyl sites for hydroxylation is 1. The number of hydrogen-bond donors (Lipinski definition) is 1. The van der Waals surface area contributed by atoms with Crippen LogP contribution in [0.25, 0.3) is 0 Å². The van der Waals surface area contributed by atoms with E-state index in [2.05, 4.69) is 15.9 Å². The van der Waals surface area contributed by atoms with Crippen LogP contribution in [0, 0.1) is 0 Å². The number of rotatable bonds is 5. The summed E-state index contributed by atoms with van der Waals surface area (Å²) in [6, 6.07) is 5.82. The number of benzene rings is 1. The smallest absolute Gasteiger partial charge is 0.303 e. The molecule has 0 aliphatic rings. The summed E-state index contributed by atoms with van der Waals surface area (Å²) in [7, 11) is 1.64. The zero-order chi connectivity index (χ0) is 11.3. The zero-order valence-electron chi connectivity index (χ0n) is 8.50. The van der Waals surface area contributed by atoms with E-state index in [-0.39, 0.29) is 6.42 Å². The maximum absolute atomic E-state index is 10.4. The van der Waals surface area contributed by atoms with Gasteiger partial charge in [0.25, 0.3) is 0 Å². The highest BCUT2D eigenvalue weighted by Crippen LogP contribution is 2.20. The van der Waals surface area contributed by atoms with E-state index in [0.29, 0.717) is 13.0 Å². The van der Waals surface area contributed by atoms with Crippen LogP contribution < -0.4 is 0 Å². The quantitative estimate of drug-likeness (QED) is 0.897. The molecule has 1 aromatic carbocycles. The summed E-state index contributed by atoms with van der Waals surface area (Å²) < 4.78 is 5.99. The summed E-state index contributed by atoms with van der Waals surface area (Å²) in [5, 5.41) is 8.55. The van der Waals surface area contributed by atoms with Gasteiger partial charge in [0.1, 0.15) is 0 Å². The van der Waals surface area contributed by atoms with Crippen molar-refractivity contribution >= 4 is 21.9 Å². The molecule has 1 rings (SSSR count). The lowest BCUT2D eigenvalue weighted by Crippen LogP contribution is -1.98. The largest absolute Gasteiger partial charge is 0.481 e. The Morgan fingerprint density at radius 2 is 2.27 bits per heavy atom.